The van der Waals surface area contributed by atoms with Crippen molar-refractivity contribution in [1.82, 2.24) is 0 Å². The Hall–Kier alpha value is -1.36. The standard InChI is InChI=1S/C11H19NO4/c1-5-6-7(9(13)14)8(12)10(15)16-11(2,3)4/h5,7-8H,1,6,12H2,2-4H3,(H,13,14). The van der Waals surface area contributed by atoms with Crippen LogP contribution in [0.1, 0.15) is 27.2 Å². The first-order valence-electron chi connectivity index (χ1n) is 5.01. The quantitative estimate of drug-likeness (QED) is 0.540. The minimum Gasteiger partial charge on any atom is -0.481 e. The van der Waals surface area contributed by atoms with Gasteiger partial charge in [0, 0.05) is 0 Å². The summed E-state index contributed by atoms with van der Waals surface area (Å²) in [7, 11) is 0. The molecule has 0 heterocycles. The lowest BCUT2D eigenvalue weighted by atomic mass is 9.97. The fraction of sp³-hybridized carbons (Fsp3) is 0.636. The number of ether oxygens (including phenoxy) is 1. The number of carbonyl (C=O) groups excluding carboxylic acids is 1. The van der Waals surface area contributed by atoms with Crippen LogP contribution in [-0.2, 0) is 14.3 Å². The molecule has 0 aromatic rings. The SMILES string of the molecule is C=CCC(C(=O)O)C(N)C(=O)OC(C)(C)C. The van der Waals surface area contributed by atoms with Crippen LogP contribution < -0.4 is 5.73 Å². The minimum absolute atomic E-state index is 0.135. The number of carbonyl (C=O) groups is 2. The normalized spacial score (nSPS) is 15.0. The third kappa shape index (κ3) is 4.93. The highest BCUT2D eigenvalue weighted by molar-refractivity contribution is 5.84. The van der Waals surface area contributed by atoms with Gasteiger partial charge in [0.25, 0.3) is 0 Å². The van der Waals surface area contributed by atoms with E-state index < -0.39 is 29.5 Å². The highest BCUT2D eigenvalue weighted by Gasteiger charge is 2.32. The Morgan fingerprint density at radius 3 is 2.31 bits per heavy atom. The fourth-order valence-electron chi connectivity index (χ4n) is 1.11. The van der Waals surface area contributed by atoms with E-state index in [0.717, 1.165) is 0 Å². The second kappa shape index (κ2) is 5.65. The molecular weight excluding hydrogens is 210 g/mol. The van der Waals surface area contributed by atoms with Crippen LogP contribution >= 0.6 is 0 Å². The molecule has 0 aromatic heterocycles. The highest BCUT2D eigenvalue weighted by Crippen LogP contribution is 2.14. The Morgan fingerprint density at radius 1 is 1.50 bits per heavy atom. The van der Waals surface area contributed by atoms with E-state index in [2.05, 4.69) is 6.58 Å². The molecule has 0 radical (unpaired) electrons. The van der Waals surface area contributed by atoms with Crippen molar-refractivity contribution >= 4 is 11.9 Å². The van der Waals surface area contributed by atoms with Crippen molar-refractivity contribution in [3.63, 3.8) is 0 Å². The second-order valence-electron chi connectivity index (χ2n) is 4.53. The lowest BCUT2D eigenvalue weighted by Gasteiger charge is -2.24. The van der Waals surface area contributed by atoms with Gasteiger partial charge in [-0.3, -0.25) is 9.59 Å². The van der Waals surface area contributed by atoms with Gasteiger partial charge in [-0.05, 0) is 27.2 Å². The molecule has 0 aliphatic carbocycles. The molecule has 0 aromatic carbocycles. The molecule has 0 rings (SSSR count). The first-order chi connectivity index (χ1) is 7.19. The van der Waals surface area contributed by atoms with E-state index >= 15 is 0 Å². The molecule has 2 unspecified atom stereocenters. The minimum atomic E-state index is -1.17. The van der Waals surface area contributed by atoms with Crippen LogP contribution in [0.3, 0.4) is 0 Å². The molecule has 92 valence electrons. The maximum Gasteiger partial charge on any atom is 0.324 e. The van der Waals surface area contributed by atoms with E-state index in [9.17, 15) is 9.59 Å². The lowest BCUT2D eigenvalue weighted by molar-refractivity contribution is -0.161. The summed E-state index contributed by atoms with van der Waals surface area (Å²) in [5.74, 6) is -2.83. The Balaban J connectivity index is 4.61. The van der Waals surface area contributed by atoms with Gasteiger partial charge < -0.3 is 15.6 Å². The summed E-state index contributed by atoms with van der Waals surface area (Å²) in [6, 6.07) is -1.17. The predicted octanol–water partition coefficient (Wildman–Crippen LogP) is 0.932. The van der Waals surface area contributed by atoms with E-state index in [1.807, 2.05) is 0 Å². The molecule has 0 aliphatic heterocycles. The van der Waals surface area contributed by atoms with Gasteiger partial charge in [-0.2, -0.15) is 0 Å². The monoisotopic (exact) mass is 229 g/mol. The molecule has 0 amide bonds. The summed E-state index contributed by atoms with van der Waals surface area (Å²) in [6.45, 7) is 8.51. The number of rotatable bonds is 5. The average molecular weight is 229 g/mol. The van der Waals surface area contributed by atoms with E-state index in [0.29, 0.717) is 0 Å². The molecule has 0 aliphatic rings. The zero-order valence-corrected chi connectivity index (χ0v) is 9.90. The number of carboxylic acids is 1. The second-order valence-corrected chi connectivity index (χ2v) is 4.53. The van der Waals surface area contributed by atoms with E-state index in [4.69, 9.17) is 15.6 Å². The first-order valence-corrected chi connectivity index (χ1v) is 5.01. The largest absolute Gasteiger partial charge is 0.481 e. The summed E-state index contributed by atoms with van der Waals surface area (Å²) < 4.78 is 5.02. The highest BCUT2D eigenvalue weighted by atomic mass is 16.6. The van der Waals surface area contributed by atoms with E-state index in [1.165, 1.54) is 6.08 Å². The van der Waals surface area contributed by atoms with Crippen molar-refractivity contribution in [3.05, 3.63) is 12.7 Å². The number of carboxylic acid groups (broad SMARTS) is 1. The molecule has 5 nitrogen and oxygen atoms in total. The molecule has 0 saturated heterocycles. The molecule has 0 saturated carbocycles. The molecule has 2 atom stereocenters. The Labute approximate surface area is 95.3 Å². The number of hydrogen-bond acceptors (Lipinski definition) is 4. The van der Waals surface area contributed by atoms with Crippen molar-refractivity contribution in [2.24, 2.45) is 11.7 Å². The lowest BCUT2D eigenvalue weighted by Crippen LogP contribution is -2.45. The molecule has 0 spiro atoms. The van der Waals surface area contributed by atoms with Gasteiger partial charge >= 0.3 is 11.9 Å². The summed E-state index contributed by atoms with van der Waals surface area (Å²) in [4.78, 5) is 22.4. The van der Waals surface area contributed by atoms with Crippen molar-refractivity contribution in [3.8, 4) is 0 Å². The Morgan fingerprint density at radius 2 is 2.00 bits per heavy atom. The number of aliphatic carboxylic acids is 1. The van der Waals surface area contributed by atoms with Crippen LogP contribution in [0.15, 0.2) is 12.7 Å². The van der Waals surface area contributed by atoms with Gasteiger partial charge in [0.15, 0.2) is 0 Å². The number of hydrogen-bond donors (Lipinski definition) is 2. The summed E-state index contributed by atoms with van der Waals surface area (Å²) in [5, 5.41) is 8.89. The van der Waals surface area contributed by atoms with Crippen LogP contribution in [0.2, 0.25) is 0 Å². The Kier molecular flexibility index (Phi) is 5.17. The molecule has 0 fully saturated rings. The summed E-state index contributed by atoms with van der Waals surface area (Å²) in [5.41, 5.74) is 4.88. The maximum atomic E-state index is 11.5. The van der Waals surface area contributed by atoms with Crippen LogP contribution in [-0.4, -0.2) is 28.7 Å². The van der Waals surface area contributed by atoms with Gasteiger partial charge in [0.1, 0.15) is 11.6 Å². The van der Waals surface area contributed by atoms with Gasteiger partial charge in [-0.1, -0.05) is 6.08 Å². The summed E-state index contributed by atoms with van der Waals surface area (Å²) in [6.07, 6.45) is 1.55. The van der Waals surface area contributed by atoms with Crippen LogP contribution in [0.4, 0.5) is 0 Å². The van der Waals surface area contributed by atoms with Crippen LogP contribution in [0.5, 0.6) is 0 Å². The maximum absolute atomic E-state index is 11.5. The number of nitrogens with two attached hydrogens (primary N) is 1. The van der Waals surface area contributed by atoms with Crippen molar-refractivity contribution in [2.75, 3.05) is 0 Å². The molecule has 16 heavy (non-hydrogen) atoms. The molecule has 0 bridgehead atoms. The molecule has 3 N–H and O–H groups in total. The van der Waals surface area contributed by atoms with Crippen LogP contribution in [0.25, 0.3) is 0 Å². The third-order valence-electron chi connectivity index (χ3n) is 1.85. The van der Waals surface area contributed by atoms with Crippen LogP contribution in [0, 0.1) is 5.92 Å². The van der Waals surface area contributed by atoms with Crippen molar-refractivity contribution in [2.45, 2.75) is 38.8 Å². The predicted molar refractivity (Wildman–Crippen MR) is 59.8 cm³/mol. The molecular formula is C11H19NO4. The third-order valence-corrected chi connectivity index (χ3v) is 1.85. The smallest absolute Gasteiger partial charge is 0.324 e. The van der Waals surface area contributed by atoms with Crippen molar-refractivity contribution in [1.29, 1.82) is 0 Å². The average Bonchev–Trinajstić information content (AvgIpc) is 2.09. The topological polar surface area (TPSA) is 89.6 Å². The number of allylic oxidation sites excluding steroid dienone is 1. The fourth-order valence-corrected chi connectivity index (χ4v) is 1.11. The summed E-state index contributed by atoms with van der Waals surface area (Å²) >= 11 is 0. The van der Waals surface area contributed by atoms with Gasteiger partial charge in [-0.25, -0.2) is 0 Å². The van der Waals surface area contributed by atoms with Gasteiger partial charge in [0.05, 0.1) is 5.92 Å². The zero-order valence-electron chi connectivity index (χ0n) is 9.90. The van der Waals surface area contributed by atoms with E-state index in [-0.39, 0.29) is 6.42 Å². The van der Waals surface area contributed by atoms with Gasteiger partial charge in [0.2, 0.25) is 0 Å². The number of esters is 1. The van der Waals surface area contributed by atoms with Gasteiger partial charge in [-0.15, -0.1) is 6.58 Å². The molecule has 5 heteroatoms. The first kappa shape index (κ1) is 14.6. The van der Waals surface area contributed by atoms with E-state index in [1.54, 1.807) is 20.8 Å². The van der Waals surface area contributed by atoms with Crippen molar-refractivity contribution < 1.29 is 19.4 Å². The zero-order chi connectivity index (χ0) is 12.9. The Bertz CT molecular complexity index is 280.